The standard InChI is InChI=1S/C20H32O3/c1-13(10-18(22)23)6-8-19(4)14(2)7-9-20(5)15(3)11-16(21)12-17(19)20/h10-11,14,16-17,21H,6-9,12H2,1-5H3,(H,22,23)/b13-10-/t14-,16-,17-,19-,20-/m1/s1. The Hall–Kier alpha value is -1.09. The van der Waals surface area contributed by atoms with Gasteiger partial charge in [0.15, 0.2) is 0 Å². The Bertz CT molecular complexity index is 533. The van der Waals surface area contributed by atoms with E-state index in [9.17, 15) is 9.90 Å². The molecule has 0 spiro atoms. The zero-order valence-corrected chi connectivity index (χ0v) is 15.2. The quantitative estimate of drug-likeness (QED) is 0.589. The van der Waals surface area contributed by atoms with E-state index in [0.717, 1.165) is 24.8 Å². The fraction of sp³-hybridized carbons (Fsp3) is 0.750. The Balaban J connectivity index is 2.27. The van der Waals surface area contributed by atoms with Crippen molar-refractivity contribution in [1.82, 2.24) is 0 Å². The molecule has 3 nitrogen and oxygen atoms in total. The van der Waals surface area contributed by atoms with Crippen LogP contribution in [-0.2, 0) is 4.79 Å². The summed E-state index contributed by atoms with van der Waals surface area (Å²) in [4.78, 5) is 10.9. The van der Waals surface area contributed by atoms with Crippen LogP contribution in [0.4, 0.5) is 0 Å². The van der Waals surface area contributed by atoms with E-state index in [1.165, 1.54) is 24.5 Å². The Morgan fingerprint density at radius 1 is 1.43 bits per heavy atom. The van der Waals surface area contributed by atoms with Gasteiger partial charge in [0, 0.05) is 6.08 Å². The lowest BCUT2D eigenvalue weighted by atomic mass is 9.46. The molecule has 0 heterocycles. The largest absolute Gasteiger partial charge is 0.478 e. The molecule has 2 aliphatic carbocycles. The minimum Gasteiger partial charge on any atom is -0.478 e. The summed E-state index contributed by atoms with van der Waals surface area (Å²) in [5, 5.41) is 19.2. The van der Waals surface area contributed by atoms with Crippen LogP contribution in [0.2, 0.25) is 0 Å². The Morgan fingerprint density at radius 2 is 2.09 bits per heavy atom. The molecule has 2 N–H and O–H groups in total. The molecule has 23 heavy (non-hydrogen) atoms. The number of aliphatic hydroxyl groups is 1. The highest BCUT2D eigenvalue weighted by molar-refractivity contribution is 5.80. The Morgan fingerprint density at radius 3 is 2.70 bits per heavy atom. The van der Waals surface area contributed by atoms with E-state index in [1.807, 2.05) is 13.0 Å². The first-order valence-electron chi connectivity index (χ1n) is 8.86. The third kappa shape index (κ3) is 3.40. The lowest BCUT2D eigenvalue weighted by molar-refractivity contribution is -0.131. The summed E-state index contributed by atoms with van der Waals surface area (Å²) in [5.74, 6) is 0.189. The first-order chi connectivity index (χ1) is 10.6. The van der Waals surface area contributed by atoms with Gasteiger partial charge in [-0.2, -0.15) is 0 Å². The zero-order chi connectivity index (χ0) is 17.4. The van der Waals surface area contributed by atoms with Crippen molar-refractivity contribution in [3.63, 3.8) is 0 Å². The minimum absolute atomic E-state index is 0.136. The monoisotopic (exact) mass is 320 g/mol. The van der Waals surface area contributed by atoms with Crippen molar-refractivity contribution in [3.8, 4) is 0 Å². The minimum atomic E-state index is -0.860. The van der Waals surface area contributed by atoms with Gasteiger partial charge >= 0.3 is 5.97 Å². The van der Waals surface area contributed by atoms with Crippen molar-refractivity contribution in [2.75, 3.05) is 0 Å². The van der Waals surface area contributed by atoms with Crippen LogP contribution in [0, 0.1) is 22.7 Å². The van der Waals surface area contributed by atoms with E-state index in [-0.39, 0.29) is 16.9 Å². The van der Waals surface area contributed by atoms with Crippen molar-refractivity contribution in [2.45, 2.75) is 72.8 Å². The molecule has 0 amide bonds. The van der Waals surface area contributed by atoms with Gasteiger partial charge in [0.2, 0.25) is 0 Å². The van der Waals surface area contributed by atoms with E-state index in [4.69, 9.17) is 5.11 Å². The fourth-order valence-corrected chi connectivity index (χ4v) is 5.05. The van der Waals surface area contributed by atoms with Crippen LogP contribution in [0.1, 0.15) is 66.7 Å². The molecule has 0 aromatic heterocycles. The molecule has 3 heteroatoms. The van der Waals surface area contributed by atoms with Crippen molar-refractivity contribution in [3.05, 3.63) is 23.3 Å². The summed E-state index contributed by atoms with van der Waals surface area (Å²) in [6, 6.07) is 0. The second-order valence-corrected chi connectivity index (χ2v) is 8.40. The van der Waals surface area contributed by atoms with Gasteiger partial charge in [-0.3, -0.25) is 0 Å². The summed E-state index contributed by atoms with van der Waals surface area (Å²) in [6.45, 7) is 11.1. The van der Waals surface area contributed by atoms with Gasteiger partial charge in [-0.1, -0.05) is 38.0 Å². The number of hydrogen-bond donors (Lipinski definition) is 2. The predicted molar refractivity (Wildman–Crippen MR) is 93.1 cm³/mol. The van der Waals surface area contributed by atoms with Gasteiger partial charge in [0.25, 0.3) is 0 Å². The van der Waals surface area contributed by atoms with Crippen LogP contribution in [0.5, 0.6) is 0 Å². The van der Waals surface area contributed by atoms with Gasteiger partial charge in [-0.05, 0) is 68.6 Å². The van der Waals surface area contributed by atoms with Gasteiger partial charge in [-0.15, -0.1) is 0 Å². The highest BCUT2D eigenvalue weighted by Crippen LogP contribution is 2.61. The summed E-state index contributed by atoms with van der Waals surface area (Å²) in [7, 11) is 0. The number of carboxylic acid groups (broad SMARTS) is 1. The van der Waals surface area contributed by atoms with E-state index >= 15 is 0 Å². The van der Waals surface area contributed by atoms with Crippen molar-refractivity contribution in [1.29, 1.82) is 0 Å². The van der Waals surface area contributed by atoms with Crippen LogP contribution in [0.15, 0.2) is 23.3 Å². The van der Waals surface area contributed by atoms with Gasteiger partial charge in [-0.25, -0.2) is 4.79 Å². The molecule has 1 saturated carbocycles. The molecule has 1 fully saturated rings. The lowest BCUT2D eigenvalue weighted by Gasteiger charge is -2.58. The average Bonchev–Trinajstić information content (AvgIpc) is 2.44. The highest BCUT2D eigenvalue weighted by Gasteiger charge is 2.53. The number of hydrogen-bond acceptors (Lipinski definition) is 2. The van der Waals surface area contributed by atoms with Crippen LogP contribution in [0.25, 0.3) is 0 Å². The zero-order valence-electron chi connectivity index (χ0n) is 15.2. The number of carbonyl (C=O) groups is 1. The van der Waals surface area contributed by atoms with Crippen LogP contribution >= 0.6 is 0 Å². The molecule has 0 bridgehead atoms. The second-order valence-electron chi connectivity index (χ2n) is 8.40. The molecule has 0 aromatic rings. The molecule has 0 unspecified atom stereocenters. The third-order valence-corrected chi connectivity index (χ3v) is 7.04. The van der Waals surface area contributed by atoms with Gasteiger partial charge < -0.3 is 10.2 Å². The molecule has 130 valence electrons. The third-order valence-electron chi connectivity index (χ3n) is 7.04. The number of allylic oxidation sites excluding steroid dienone is 2. The lowest BCUT2D eigenvalue weighted by Crippen LogP contribution is -2.51. The first-order valence-corrected chi connectivity index (χ1v) is 8.86. The Kier molecular flexibility index (Phi) is 5.10. The number of fused-ring (bicyclic) bond motifs is 1. The molecule has 2 aliphatic rings. The number of rotatable bonds is 4. The summed E-state index contributed by atoms with van der Waals surface area (Å²) < 4.78 is 0. The first kappa shape index (κ1) is 18.3. The van der Waals surface area contributed by atoms with Crippen LogP contribution in [0.3, 0.4) is 0 Å². The van der Waals surface area contributed by atoms with Crippen molar-refractivity contribution < 1.29 is 15.0 Å². The summed E-state index contributed by atoms with van der Waals surface area (Å²) >= 11 is 0. The molecule has 0 radical (unpaired) electrons. The average molecular weight is 320 g/mol. The predicted octanol–water partition coefficient (Wildman–Crippen LogP) is 4.57. The molecule has 0 aromatic carbocycles. The molecular formula is C20H32O3. The summed E-state index contributed by atoms with van der Waals surface area (Å²) in [6.07, 6.45) is 8.06. The maximum absolute atomic E-state index is 10.9. The SMILES string of the molecule is CC1=C[C@@H](O)C[C@@H]2[C@](C)(CC/C(C)=C\C(=O)O)[C@H](C)CC[C@]12C. The molecule has 2 rings (SSSR count). The van der Waals surface area contributed by atoms with Crippen LogP contribution in [-0.4, -0.2) is 22.3 Å². The molecule has 0 saturated heterocycles. The number of carboxylic acids is 1. The molecular weight excluding hydrogens is 288 g/mol. The molecule has 5 atom stereocenters. The number of aliphatic hydroxyl groups excluding tert-OH is 1. The van der Waals surface area contributed by atoms with E-state index < -0.39 is 5.97 Å². The van der Waals surface area contributed by atoms with Crippen molar-refractivity contribution >= 4 is 5.97 Å². The smallest absolute Gasteiger partial charge is 0.328 e. The maximum atomic E-state index is 10.9. The summed E-state index contributed by atoms with van der Waals surface area (Å²) in [5.41, 5.74) is 2.57. The molecule has 0 aliphatic heterocycles. The van der Waals surface area contributed by atoms with E-state index in [0.29, 0.717) is 11.8 Å². The number of aliphatic carboxylic acids is 1. The second kappa shape index (κ2) is 6.43. The van der Waals surface area contributed by atoms with Gasteiger partial charge in [0.1, 0.15) is 0 Å². The van der Waals surface area contributed by atoms with Crippen molar-refractivity contribution in [2.24, 2.45) is 22.7 Å². The van der Waals surface area contributed by atoms with Crippen LogP contribution < -0.4 is 0 Å². The normalized spacial score (nSPS) is 41.2. The maximum Gasteiger partial charge on any atom is 0.328 e. The topological polar surface area (TPSA) is 57.5 Å². The van der Waals surface area contributed by atoms with E-state index in [1.54, 1.807) is 0 Å². The highest BCUT2D eigenvalue weighted by atomic mass is 16.4. The Labute approximate surface area is 140 Å². The van der Waals surface area contributed by atoms with E-state index in [2.05, 4.69) is 27.7 Å². The fourth-order valence-electron chi connectivity index (χ4n) is 5.05. The van der Waals surface area contributed by atoms with Gasteiger partial charge in [0.05, 0.1) is 6.10 Å².